The molecule has 1 N–H and O–H groups in total. The van der Waals surface area contributed by atoms with Crippen molar-refractivity contribution in [3.05, 3.63) is 35.4 Å². The highest BCUT2D eigenvalue weighted by Gasteiger charge is 2.32. The number of benzene rings is 1. The monoisotopic (exact) mass is 287 g/mol. The Labute approximate surface area is 124 Å². The average molecular weight is 287 g/mol. The minimum atomic E-state index is -0.434. The SMILES string of the molecule is CC1CCC(NC(=O)C[C@H]2OC(=O)c3ccccc32)CC1. The van der Waals surface area contributed by atoms with Gasteiger partial charge >= 0.3 is 5.97 Å². The van der Waals surface area contributed by atoms with Crippen molar-refractivity contribution >= 4 is 11.9 Å². The molecule has 0 bridgehead atoms. The highest BCUT2D eigenvalue weighted by atomic mass is 16.5. The van der Waals surface area contributed by atoms with Gasteiger partial charge in [-0.15, -0.1) is 0 Å². The van der Waals surface area contributed by atoms with Crippen LogP contribution in [0.4, 0.5) is 0 Å². The summed E-state index contributed by atoms with van der Waals surface area (Å²) in [4.78, 5) is 23.9. The molecule has 0 unspecified atom stereocenters. The fraction of sp³-hybridized carbons (Fsp3) is 0.529. The maximum Gasteiger partial charge on any atom is 0.339 e. The Morgan fingerprint density at radius 2 is 1.95 bits per heavy atom. The van der Waals surface area contributed by atoms with Crippen molar-refractivity contribution in [1.82, 2.24) is 5.32 Å². The van der Waals surface area contributed by atoms with Gasteiger partial charge in [0.05, 0.1) is 12.0 Å². The lowest BCUT2D eigenvalue weighted by Crippen LogP contribution is -2.37. The molecule has 1 heterocycles. The van der Waals surface area contributed by atoms with Gasteiger partial charge in [0.25, 0.3) is 0 Å². The molecule has 21 heavy (non-hydrogen) atoms. The first kappa shape index (κ1) is 14.1. The molecule has 2 aliphatic rings. The van der Waals surface area contributed by atoms with E-state index < -0.39 is 6.10 Å². The lowest BCUT2D eigenvalue weighted by atomic mass is 9.87. The maximum absolute atomic E-state index is 12.2. The number of esters is 1. The Hall–Kier alpha value is -1.84. The van der Waals surface area contributed by atoms with Crippen molar-refractivity contribution in [2.24, 2.45) is 5.92 Å². The van der Waals surface area contributed by atoms with E-state index >= 15 is 0 Å². The molecule has 0 saturated heterocycles. The minimum Gasteiger partial charge on any atom is -0.453 e. The fourth-order valence-corrected chi connectivity index (χ4v) is 3.23. The topological polar surface area (TPSA) is 55.4 Å². The zero-order chi connectivity index (χ0) is 14.8. The third-order valence-corrected chi connectivity index (χ3v) is 4.53. The summed E-state index contributed by atoms with van der Waals surface area (Å²) in [5, 5.41) is 3.08. The van der Waals surface area contributed by atoms with Crippen molar-refractivity contribution in [3.63, 3.8) is 0 Å². The van der Waals surface area contributed by atoms with Crippen LogP contribution in [0.2, 0.25) is 0 Å². The maximum atomic E-state index is 12.2. The second-order valence-corrected chi connectivity index (χ2v) is 6.21. The third kappa shape index (κ3) is 3.09. The molecule has 3 rings (SSSR count). The van der Waals surface area contributed by atoms with Crippen LogP contribution in [0.5, 0.6) is 0 Å². The third-order valence-electron chi connectivity index (χ3n) is 4.53. The summed E-state index contributed by atoms with van der Waals surface area (Å²) in [5.41, 5.74) is 1.41. The Kier molecular flexibility index (Phi) is 3.95. The summed E-state index contributed by atoms with van der Waals surface area (Å²) < 4.78 is 5.31. The predicted molar refractivity (Wildman–Crippen MR) is 78.8 cm³/mol. The number of cyclic esters (lactones) is 1. The normalized spacial score (nSPS) is 27.9. The van der Waals surface area contributed by atoms with Crippen molar-refractivity contribution in [2.45, 2.75) is 51.2 Å². The standard InChI is InChI=1S/C17H21NO3/c1-11-6-8-12(9-7-11)18-16(19)10-15-13-4-2-3-5-14(13)17(20)21-15/h2-5,11-12,15H,6-10H2,1H3,(H,18,19)/t11?,12?,15-/m1/s1. The van der Waals surface area contributed by atoms with Crippen LogP contribution >= 0.6 is 0 Å². The van der Waals surface area contributed by atoms with Crippen LogP contribution in [0.3, 0.4) is 0 Å². The van der Waals surface area contributed by atoms with Crippen LogP contribution in [0.15, 0.2) is 24.3 Å². The minimum absolute atomic E-state index is 0.0240. The number of hydrogen-bond donors (Lipinski definition) is 1. The summed E-state index contributed by atoms with van der Waals surface area (Å²) in [6.07, 6.45) is 4.23. The molecular formula is C17H21NO3. The molecule has 4 nitrogen and oxygen atoms in total. The molecule has 0 radical (unpaired) electrons. The Balaban J connectivity index is 1.58. The summed E-state index contributed by atoms with van der Waals surface area (Å²) in [7, 11) is 0. The van der Waals surface area contributed by atoms with E-state index in [4.69, 9.17) is 4.74 Å². The van der Waals surface area contributed by atoms with Gasteiger partial charge in [-0.1, -0.05) is 25.1 Å². The van der Waals surface area contributed by atoms with E-state index in [9.17, 15) is 9.59 Å². The molecule has 1 aromatic carbocycles. The zero-order valence-electron chi connectivity index (χ0n) is 12.3. The molecule has 1 aliphatic heterocycles. The number of carbonyl (C=O) groups excluding carboxylic acids is 2. The molecule has 1 atom stereocenters. The average Bonchev–Trinajstić information content (AvgIpc) is 2.78. The molecule has 0 aromatic heterocycles. The van der Waals surface area contributed by atoms with Crippen LogP contribution < -0.4 is 5.32 Å². The van der Waals surface area contributed by atoms with Crippen molar-refractivity contribution in [1.29, 1.82) is 0 Å². The van der Waals surface area contributed by atoms with Crippen molar-refractivity contribution in [2.75, 3.05) is 0 Å². The second-order valence-electron chi connectivity index (χ2n) is 6.21. The van der Waals surface area contributed by atoms with Gasteiger partial charge in [-0.25, -0.2) is 4.79 Å². The quantitative estimate of drug-likeness (QED) is 0.870. The van der Waals surface area contributed by atoms with Crippen molar-refractivity contribution < 1.29 is 14.3 Å². The van der Waals surface area contributed by atoms with Gasteiger partial charge in [-0.3, -0.25) is 4.79 Å². The number of hydrogen-bond acceptors (Lipinski definition) is 3. The van der Waals surface area contributed by atoms with Crippen LogP contribution in [-0.2, 0) is 9.53 Å². The molecular weight excluding hydrogens is 266 g/mol. The van der Waals surface area contributed by atoms with E-state index in [0.717, 1.165) is 24.3 Å². The van der Waals surface area contributed by atoms with Gasteiger partial charge in [0.15, 0.2) is 0 Å². The Morgan fingerprint density at radius 3 is 2.71 bits per heavy atom. The Morgan fingerprint density at radius 1 is 1.24 bits per heavy atom. The number of amides is 1. The summed E-state index contributed by atoms with van der Waals surface area (Å²) in [6.45, 7) is 2.26. The molecule has 1 aromatic rings. The molecule has 1 amide bonds. The lowest BCUT2D eigenvalue weighted by Gasteiger charge is -2.27. The first-order valence-corrected chi connectivity index (χ1v) is 7.72. The van der Waals surface area contributed by atoms with Crippen molar-refractivity contribution in [3.8, 4) is 0 Å². The molecule has 112 valence electrons. The fourth-order valence-electron chi connectivity index (χ4n) is 3.23. The first-order chi connectivity index (χ1) is 10.1. The Bertz CT molecular complexity index is 547. The van der Waals surface area contributed by atoms with Crippen LogP contribution in [0.1, 0.15) is 61.1 Å². The van der Waals surface area contributed by atoms with Crippen LogP contribution in [0.25, 0.3) is 0 Å². The number of nitrogens with one attached hydrogen (secondary N) is 1. The summed E-state index contributed by atoms with van der Waals surface area (Å²) >= 11 is 0. The molecule has 1 saturated carbocycles. The van der Waals surface area contributed by atoms with Gasteiger partial charge < -0.3 is 10.1 Å². The van der Waals surface area contributed by atoms with Gasteiger partial charge in [-0.2, -0.15) is 0 Å². The van der Waals surface area contributed by atoms with Gasteiger partial charge in [-0.05, 0) is 37.7 Å². The first-order valence-electron chi connectivity index (χ1n) is 7.72. The van der Waals surface area contributed by atoms with E-state index in [0.29, 0.717) is 5.56 Å². The zero-order valence-corrected chi connectivity index (χ0v) is 12.3. The van der Waals surface area contributed by atoms with Crippen LogP contribution in [0, 0.1) is 5.92 Å². The largest absolute Gasteiger partial charge is 0.453 e. The van der Waals surface area contributed by atoms with E-state index in [1.54, 1.807) is 6.07 Å². The highest BCUT2D eigenvalue weighted by Crippen LogP contribution is 2.33. The van der Waals surface area contributed by atoms with Crippen LogP contribution in [-0.4, -0.2) is 17.9 Å². The lowest BCUT2D eigenvalue weighted by molar-refractivity contribution is -0.124. The van der Waals surface area contributed by atoms with E-state index in [1.165, 1.54) is 12.8 Å². The van der Waals surface area contributed by atoms with Gasteiger partial charge in [0.2, 0.25) is 5.91 Å². The van der Waals surface area contributed by atoms with E-state index in [1.807, 2.05) is 18.2 Å². The smallest absolute Gasteiger partial charge is 0.339 e. The van der Waals surface area contributed by atoms with E-state index in [-0.39, 0.29) is 24.3 Å². The summed E-state index contributed by atoms with van der Waals surface area (Å²) in [6, 6.07) is 7.57. The number of carbonyl (C=O) groups is 2. The number of rotatable bonds is 3. The number of ether oxygens (including phenoxy) is 1. The predicted octanol–water partition coefficient (Wildman–Crippen LogP) is 2.98. The summed E-state index contributed by atoms with van der Waals surface area (Å²) in [5.74, 6) is 0.416. The second kappa shape index (κ2) is 5.88. The molecule has 0 spiro atoms. The number of fused-ring (bicyclic) bond motifs is 1. The molecule has 1 fully saturated rings. The van der Waals surface area contributed by atoms with Gasteiger partial charge in [0.1, 0.15) is 6.10 Å². The molecule has 1 aliphatic carbocycles. The van der Waals surface area contributed by atoms with E-state index in [2.05, 4.69) is 12.2 Å². The van der Waals surface area contributed by atoms with Gasteiger partial charge in [0, 0.05) is 11.6 Å². The highest BCUT2D eigenvalue weighted by molar-refractivity contribution is 5.94. The molecule has 4 heteroatoms.